The Labute approximate surface area is 156 Å². The van der Waals surface area contributed by atoms with Crippen LogP contribution in [0.1, 0.15) is 30.6 Å². The predicted octanol–water partition coefficient (Wildman–Crippen LogP) is 0.741. The van der Waals surface area contributed by atoms with Crippen molar-refractivity contribution in [1.82, 2.24) is 19.8 Å². The quantitative estimate of drug-likeness (QED) is 0.648. The third-order valence-corrected chi connectivity index (χ3v) is 5.99. The fraction of sp³-hybridized carbons (Fsp3) is 0.611. The van der Waals surface area contributed by atoms with Gasteiger partial charge in [-0.2, -0.15) is 0 Å². The normalized spacial score (nSPS) is 16.8. The molecule has 1 aliphatic heterocycles. The maximum atomic E-state index is 12.3. The lowest BCUT2D eigenvalue weighted by Crippen LogP contribution is -2.45. The number of carbonyl (C=O) groups excluding carboxylic acids is 1. The van der Waals surface area contributed by atoms with Gasteiger partial charge in [-0.25, -0.2) is 13.1 Å². The molecule has 0 atom stereocenters. The second-order valence-corrected chi connectivity index (χ2v) is 8.77. The number of hydrogen-bond donors (Lipinski definition) is 2. The standard InChI is InChI=1S/C18H30N4O3S/c1-15(2)20-26(24,25)17-7-4-6-16(14-17)18(23)19-8-5-9-22-12-10-21(3)11-13-22/h4,6-7,14-15,20H,5,8-13H2,1-3H3,(H,19,23). The van der Waals surface area contributed by atoms with Gasteiger partial charge in [0.2, 0.25) is 10.0 Å². The van der Waals surface area contributed by atoms with E-state index in [1.54, 1.807) is 26.0 Å². The van der Waals surface area contributed by atoms with E-state index in [9.17, 15) is 13.2 Å². The van der Waals surface area contributed by atoms with Crippen molar-refractivity contribution in [2.75, 3.05) is 46.3 Å². The highest BCUT2D eigenvalue weighted by Gasteiger charge is 2.17. The molecule has 1 saturated heterocycles. The number of amides is 1. The summed E-state index contributed by atoms with van der Waals surface area (Å²) < 4.78 is 27.0. The van der Waals surface area contributed by atoms with Crippen molar-refractivity contribution < 1.29 is 13.2 Å². The lowest BCUT2D eigenvalue weighted by Gasteiger charge is -2.32. The molecule has 1 amide bonds. The van der Waals surface area contributed by atoms with E-state index in [-0.39, 0.29) is 16.8 Å². The number of sulfonamides is 1. The van der Waals surface area contributed by atoms with E-state index in [1.165, 1.54) is 12.1 Å². The van der Waals surface area contributed by atoms with E-state index in [2.05, 4.69) is 26.9 Å². The van der Waals surface area contributed by atoms with Crippen molar-refractivity contribution in [1.29, 1.82) is 0 Å². The molecule has 146 valence electrons. The van der Waals surface area contributed by atoms with E-state index >= 15 is 0 Å². The molecule has 1 aromatic rings. The molecular formula is C18H30N4O3S. The molecule has 0 radical (unpaired) electrons. The Morgan fingerprint density at radius 2 is 1.88 bits per heavy atom. The summed E-state index contributed by atoms with van der Waals surface area (Å²) in [6, 6.07) is 5.93. The van der Waals surface area contributed by atoms with Crippen molar-refractivity contribution >= 4 is 15.9 Å². The van der Waals surface area contributed by atoms with Crippen LogP contribution in [0.4, 0.5) is 0 Å². The first kappa shape index (κ1) is 20.8. The molecule has 2 rings (SSSR count). The number of piperazine rings is 1. The summed E-state index contributed by atoms with van der Waals surface area (Å²) >= 11 is 0. The average molecular weight is 383 g/mol. The molecule has 0 aliphatic carbocycles. The van der Waals surface area contributed by atoms with Crippen LogP contribution in [0.3, 0.4) is 0 Å². The number of rotatable bonds is 8. The van der Waals surface area contributed by atoms with Crippen LogP contribution in [0.25, 0.3) is 0 Å². The second kappa shape index (κ2) is 9.45. The van der Waals surface area contributed by atoms with Gasteiger partial charge in [0.25, 0.3) is 5.91 Å². The topological polar surface area (TPSA) is 81.7 Å². The van der Waals surface area contributed by atoms with Crippen LogP contribution in [0.5, 0.6) is 0 Å². The van der Waals surface area contributed by atoms with E-state index < -0.39 is 10.0 Å². The number of hydrogen-bond acceptors (Lipinski definition) is 5. The highest BCUT2D eigenvalue weighted by atomic mass is 32.2. The minimum absolute atomic E-state index is 0.108. The van der Waals surface area contributed by atoms with Crippen molar-refractivity contribution in [3.63, 3.8) is 0 Å². The molecule has 0 bridgehead atoms. The van der Waals surface area contributed by atoms with E-state index in [4.69, 9.17) is 0 Å². The number of benzene rings is 1. The maximum Gasteiger partial charge on any atom is 0.251 e. The summed E-state index contributed by atoms with van der Waals surface area (Å²) in [5.41, 5.74) is 0.358. The summed E-state index contributed by atoms with van der Waals surface area (Å²) in [4.78, 5) is 17.1. The van der Waals surface area contributed by atoms with Crippen LogP contribution in [0.2, 0.25) is 0 Å². The summed E-state index contributed by atoms with van der Waals surface area (Å²) in [6.45, 7) is 9.34. The molecule has 8 heteroatoms. The van der Waals surface area contributed by atoms with Crippen molar-refractivity contribution in [3.05, 3.63) is 29.8 Å². The fourth-order valence-corrected chi connectivity index (χ4v) is 4.16. The van der Waals surface area contributed by atoms with Crippen LogP contribution in [0.15, 0.2) is 29.2 Å². The molecular weight excluding hydrogens is 352 g/mol. The molecule has 26 heavy (non-hydrogen) atoms. The van der Waals surface area contributed by atoms with Crippen molar-refractivity contribution in [3.8, 4) is 0 Å². The van der Waals surface area contributed by atoms with Gasteiger partial charge < -0.3 is 15.1 Å². The van der Waals surface area contributed by atoms with Crippen LogP contribution in [-0.4, -0.2) is 76.5 Å². The number of nitrogens with one attached hydrogen (secondary N) is 2. The smallest absolute Gasteiger partial charge is 0.251 e. The van der Waals surface area contributed by atoms with Crippen LogP contribution < -0.4 is 10.0 Å². The first-order chi connectivity index (χ1) is 12.3. The third kappa shape index (κ3) is 6.35. The molecule has 0 unspecified atom stereocenters. The van der Waals surface area contributed by atoms with Crippen LogP contribution in [0, 0.1) is 0 Å². The van der Waals surface area contributed by atoms with Gasteiger partial charge in [-0.3, -0.25) is 4.79 Å². The van der Waals surface area contributed by atoms with Crippen molar-refractivity contribution in [2.24, 2.45) is 0 Å². The fourth-order valence-electron chi connectivity index (χ4n) is 2.86. The molecule has 1 heterocycles. The van der Waals surface area contributed by atoms with Gasteiger partial charge in [-0.05, 0) is 52.1 Å². The average Bonchev–Trinajstić information content (AvgIpc) is 2.59. The van der Waals surface area contributed by atoms with Crippen molar-refractivity contribution in [2.45, 2.75) is 31.2 Å². The summed E-state index contributed by atoms with van der Waals surface area (Å²) in [5.74, 6) is -0.245. The predicted molar refractivity (Wildman–Crippen MR) is 103 cm³/mol. The van der Waals surface area contributed by atoms with E-state index in [0.29, 0.717) is 12.1 Å². The van der Waals surface area contributed by atoms with E-state index in [1.807, 2.05) is 0 Å². The molecule has 2 N–H and O–H groups in total. The van der Waals surface area contributed by atoms with E-state index in [0.717, 1.165) is 39.1 Å². The second-order valence-electron chi connectivity index (χ2n) is 7.06. The Morgan fingerprint density at radius 1 is 1.19 bits per heavy atom. The highest BCUT2D eigenvalue weighted by molar-refractivity contribution is 7.89. The third-order valence-electron chi connectivity index (χ3n) is 4.33. The molecule has 1 aromatic carbocycles. The first-order valence-electron chi connectivity index (χ1n) is 9.09. The zero-order chi connectivity index (χ0) is 19.2. The van der Waals surface area contributed by atoms with Gasteiger partial charge in [-0.1, -0.05) is 6.07 Å². The number of nitrogens with zero attached hydrogens (tertiary/aromatic N) is 2. The molecule has 0 spiro atoms. The first-order valence-corrected chi connectivity index (χ1v) is 10.6. The summed E-state index contributed by atoms with van der Waals surface area (Å²) in [5, 5.41) is 2.88. The zero-order valence-electron chi connectivity index (χ0n) is 15.9. The van der Waals surface area contributed by atoms with Gasteiger partial charge in [0, 0.05) is 44.3 Å². The summed E-state index contributed by atoms with van der Waals surface area (Å²) in [7, 11) is -1.47. The number of likely N-dealkylation sites (N-methyl/N-ethyl adjacent to an activating group) is 1. The Bertz CT molecular complexity index is 698. The SMILES string of the molecule is CC(C)NS(=O)(=O)c1cccc(C(=O)NCCCN2CCN(C)CC2)c1. The van der Waals surface area contributed by atoms with Crippen LogP contribution in [-0.2, 0) is 10.0 Å². The lowest BCUT2D eigenvalue weighted by molar-refractivity contribution is 0.0949. The maximum absolute atomic E-state index is 12.3. The highest BCUT2D eigenvalue weighted by Crippen LogP contribution is 2.12. The zero-order valence-corrected chi connectivity index (χ0v) is 16.7. The minimum Gasteiger partial charge on any atom is -0.352 e. The van der Waals surface area contributed by atoms with Gasteiger partial charge >= 0.3 is 0 Å². The Hall–Kier alpha value is -1.48. The summed E-state index contributed by atoms with van der Waals surface area (Å²) in [6.07, 6.45) is 0.877. The molecule has 0 aromatic heterocycles. The largest absolute Gasteiger partial charge is 0.352 e. The molecule has 0 saturated carbocycles. The van der Waals surface area contributed by atoms with Crippen LogP contribution >= 0.6 is 0 Å². The van der Waals surface area contributed by atoms with Gasteiger partial charge in [0.05, 0.1) is 4.90 Å². The Kier molecular flexibility index (Phi) is 7.57. The lowest BCUT2D eigenvalue weighted by atomic mass is 10.2. The minimum atomic E-state index is -3.60. The molecule has 1 aliphatic rings. The van der Waals surface area contributed by atoms with Gasteiger partial charge in [0.1, 0.15) is 0 Å². The Balaban J connectivity index is 1.83. The Morgan fingerprint density at radius 3 is 2.54 bits per heavy atom. The van der Waals surface area contributed by atoms with Gasteiger partial charge in [-0.15, -0.1) is 0 Å². The molecule has 1 fully saturated rings. The molecule has 7 nitrogen and oxygen atoms in total. The van der Waals surface area contributed by atoms with Gasteiger partial charge in [0.15, 0.2) is 0 Å². The number of carbonyl (C=O) groups is 1. The monoisotopic (exact) mass is 382 g/mol.